The number of methoxy groups -OCH3 is 1. The van der Waals surface area contributed by atoms with Gasteiger partial charge in [-0.1, -0.05) is 36.0 Å². The van der Waals surface area contributed by atoms with E-state index < -0.39 is 5.25 Å². The summed E-state index contributed by atoms with van der Waals surface area (Å²) in [7, 11) is 1.57. The van der Waals surface area contributed by atoms with Crippen LogP contribution in [0, 0.1) is 13.8 Å². The van der Waals surface area contributed by atoms with Gasteiger partial charge in [0, 0.05) is 24.7 Å². The van der Waals surface area contributed by atoms with E-state index in [1.807, 2.05) is 32.0 Å². The van der Waals surface area contributed by atoms with Crippen molar-refractivity contribution >= 4 is 40.1 Å². The first-order valence-corrected chi connectivity index (χ1v) is 10.5. The highest BCUT2D eigenvalue weighted by molar-refractivity contribution is 8.15. The number of carbonyl (C=O) groups is 2. The van der Waals surface area contributed by atoms with Gasteiger partial charge in [-0.2, -0.15) is 0 Å². The number of nitrogens with one attached hydrogen (secondary N) is 1. The van der Waals surface area contributed by atoms with Crippen molar-refractivity contribution in [2.45, 2.75) is 25.5 Å². The van der Waals surface area contributed by atoms with Gasteiger partial charge in [0.1, 0.15) is 11.0 Å². The molecule has 6 nitrogen and oxygen atoms in total. The van der Waals surface area contributed by atoms with E-state index >= 15 is 0 Å². The van der Waals surface area contributed by atoms with Crippen molar-refractivity contribution in [3.05, 3.63) is 66.2 Å². The first-order valence-electron chi connectivity index (χ1n) is 9.60. The summed E-state index contributed by atoms with van der Waals surface area (Å²) in [6, 6.07) is 13.1. The van der Waals surface area contributed by atoms with Gasteiger partial charge in [0.2, 0.25) is 11.8 Å². The minimum absolute atomic E-state index is 0.0557. The monoisotopic (exact) mass is 423 g/mol. The zero-order valence-corrected chi connectivity index (χ0v) is 18.2. The molecule has 0 aromatic heterocycles. The Morgan fingerprint density at radius 3 is 2.83 bits per heavy atom. The molecule has 2 aromatic rings. The number of aryl methyl sites for hydroxylation is 2. The minimum atomic E-state index is -0.528. The summed E-state index contributed by atoms with van der Waals surface area (Å²) >= 11 is 1.32. The second kappa shape index (κ2) is 9.63. The molecule has 1 aliphatic heterocycles. The summed E-state index contributed by atoms with van der Waals surface area (Å²) in [4.78, 5) is 31.8. The van der Waals surface area contributed by atoms with E-state index in [2.05, 4.69) is 11.9 Å². The maximum atomic E-state index is 12.9. The summed E-state index contributed by atoms with van der Waals surface area (Å²) in [6.45, 7) is 8.08. The molecule has 1 N–H and O–H groups in total. The predicted octanol–water partition coefficient (Wildman–Crippen LogP) is 4.46. The molecule has 0 aliphatic carbocycles. The van der Waals surface area contributed by atoms with E-state index in [-0.39, 0.29) is 18.2 Å². The van der Waals surface area contributed by atoms with Crippen LogP contribution in [0.15, 0.2) is 60.1 Å². The summed E-state index contributed by atoms with van der Waals surface area (Å²) in [6.07, 6.45) is 1.72. The molecular formula is C23H25N3O3S. The third kappa shape index (κ3) is 5.10. The average Bonchev–Trinajstić information content (AvgIpc) is 3.00. The Labute approximate surface area is 181 Å². The molecule has 30 heavy (non-hydrogen) atoms. The van der Waals surface area contributed by atoms with E-state index in [9.17, 15) is 9.59 Å². The summed E-state index contributed by atoms with van der Waals surface area (Å²) in [5.41, 5.74) is 3.57. The van der Waals surface area contributed by atoms with Crippen molar-refractivity contribution in [3.63, 3.8) is 0 Å². The molecule has 1 aliphatic rings. The lowest BCUT2D eigenvalue weighted by atomic mass is 10.1. The van der Waals surface area contributed by atoms with E-state index in [4.69, 9.17) is 9.73 Å². The number of amides is 2. The molecule has 7 heteroatoms. The lowest BCUT2D eigenvalue weighted by Gasteiger charge is -2.14. The van der Waals surface area contributed by atoms with Crippen molar-refractivity contribution in [3.8, 4) is 5.75 Å². The Balaban J connectivity index is 1.76. The maximum absolute atomic E-state index is 12.9. The van der Waals surface area contributed by atoms with Crippen molar-refractivity contribution in [1.82, 2.24) is 4.90 Å². The first kappa shape index (κ1) is 21.6. The topological polar surface area (TPSA) is 71.0 Å². The zero-order chi connectivity index (χ0) is 21.7. The molecule has 2 aromatic carbocycles. The van der Waals surface area contributed by atoms with Crippen LogP contribution in [0.4, 0.5) is 11.4 Å². The second-order valence-electron chi connectivity index (χ2n) is 7.01. The van der Waals surface area contributed by atoms with Crippen molar-refractivity contribution in [1.29, 1.82) is 0 Å². The number of ether oxygens (including phenoxy) is 1. The Morgan fingerprint density at radius 1 is 1.30 bits per heavy atom. The van der Waals surface area contributed by atoms with Gasteiger partial charge in [0.15, 0.2) is 5.17 Å². The van der Waals surface area contributed by atoms with E-state index in [0.29, 0.717) is 23.1 Å². The SMILES string of the molecule is C=CCN1C(=O)[C@H](CC(=O)Nc2cccc(OC)c2)SC1=Nc1cc(C)ccc1C. The summed E-state index contributed by atoms with van der Waals surface area (Å²) < 4.78 is 5.18. The number of rotatable bonds is 7. The number of aliphatic imine (C=N–C) groups is 1. The number of carbonyl (C=O) groups excluding carboxylic acids is 2. The van der Waals surface area contributed by atoms with Crippen LogP contribution >= 0.6 is 11.8 Å². The highest BCUT2D eigenvalue weighted by atomic mass is 32.2. The molecule has 1 atom stereocenters. The van der Waals surface area contributed by atoms with Crippen molar-refractivity contribution < 1.29 is 14.3 Å². The predicted molar refractivity (Wildman–Crippen MR) is 123 cm³/mol. The number of thioether (sulfide) groups is 1. The standard InChI is InChI=1S/C23H25N3O3S/c1-5-11-26-22(28)20(14-21(27)24-17-7-6-8-18(13-17)29-4)30-23(26)25-19-12-15(2)9-10-16(19)3/h5-10,12-13,20H,1,11,14H2,2-4H3,(H,24,27)/t20-/m0/s1. The van der Waals surface area contributed by atoms with Crippen LogP contribution in [-0.2, 0) is 9.59 Å². The number of hydrogen-bond donors (Lipinski definition) is 1. The Bertz CT molecular complexity index is 1000. The van der Waals surface area contributed by atoms with Gasteiger partial charge >= 0.3 is 0 Å². The molecule has 1 saturated heterocycles. The molecular weight excluding hydrogens is 398 g/mol. The molecule has 0 saturated carbocycles. The van der Waals surface area contributed by atoms with Gasteiger partial charge < -0.3 is 10.1 Å². The minimum Gasteiger partial charge on any atom is -0.497 e. The fraction of sp³-hybridized carbons (Fsp3) is 0.261. The Kier molecular flexibility index (Phi) is 6.95. The summed E-state index contributed by atoms with van der Waals surface area (Å²) in [5, 5.41) is 2.89. The summed E-state index contributed by atoms with van der Waals surface area (Å²) in [5.74, 6) is 0.282. The highest BCUT2D eigenvalue weighted by Gasteiger charge is 2.38. The van der Waals surface area contributed by atoms with Crippen LogP contribution in [0.25, 0.3) is 0 Å². The van der Waals surface area contributed by atoms with Gasteiger partial charge in [0.05, 0.1) is 12.8 Å². The zero-order valence-electron chi connectivity index (χ0n) is 17.3. The van der Waals surface area contributed by atoms with E-state index in [0.717, 1.165) is 16.8 Å². The fourth-order valence-electron chi connectivity index (χ4n) is 3.05. The van der Waals surface area contributed by atoms with E-state index in [1.165, 1.54) is 11.8 Å². The Hall–Kier alpha value is -3.06. The van der Waals surface area contributed by atoms with Gasteiger partial charge in [0.25, 0.3) is 0 Å². The van der Waals surface area contributed by atoms with E-state index in [1.54, 1.807) is 42.4 Å². The maximum Gasteiger partial charge on any atom is 0.242 e. The number of hydrogen-bond acceptors (Lipinski definition) is 5. The molecule has 156 valence electrons. The number of amidine groups is 1. The lowest BCUT2D eigenvalue weighted by molar-refractivity contribution is -0.127. The van der Waals surface area contributed by atoms with Crippen LogP contribution in [0.2, 0.25) is 0 Å². The van der Waals surface area contributed by atoms with Crippen LogP contribution in [0.3, 0.4) is 0 Å². The van der Waals surface area contributed by atoms with Gasteiger partial charge in [-0.05, 0) is 43.2 Å². The molecule has 0 radical (unpaired) electrons. The molecule has 0 spiro atoms. The number of benzene rings is 2. The van der Waals surface area contributed by atoms with Crippen LogP contribution in [0.1, 0.15) is 17.5 Å². The molecule has 1 fully saturated rings. The third-order valence-corrected chi connectivity index (χ3v) is 5.81. The largest absolute Gasteiger partial charge is 0.497 e. The smallest absolute Gasteiger partial charge is 0.242 e. The number of nitrogens with zero attached hydrogens (tertiary/aromatic N) is 2. The highest BCUT2D eigenvalue weighted by Crippen LogP contribution is 2.33. The quantitative estimate of drug-likeness (QED) is 0.668. The van der Waals surface area contributed by atoms with Crippen LogP contribution in [-0.4, -0.2) is 40.8 Å². The molecule has 2 amide bonds. The lowest BCUT2D eigenvalue weighted by Crippen LogP contribution is -2.33. The normalized spacial score (nSPS) is 17.3. The fourth-order valence-corrected chi connectivity index (χ4v) is 4.21. The first-order chi connectivity index (χ1) is 14.4. The Morgan fingerprint density at radius 2 is 2.10 bits per heavy atom. The average molecular weight is 424 g/mol. The van der Waals surface area contributed by atoms with Crippen molar-refractivity contribution in [2.24, 2.45) is 4.99 Å². The van der Waals surface area contributed by atoms with Crippen molar-refractivity contribution in [2.75, 3.05) is 19.0 Å². The second-order valence-corrected chi connectivity index (χ2v) is 8.18. The van der Waals surface area contributed by atoms with Gasteiger partial charge in [-0.15, -0.1) is 6.58 Å². The molecule has 3 rings (SSSR count). The van der Waals surface area contributed by atoms with Gasteiger partial charge in [-0.3, -0.25) is 14.5 Å². The van der Waals surface area contributed by atoms with Crippen LogP contribution in [0.5, 0.6) is 5.75 Å². The molecule has 0 bridgehead atoms. The third-order valence-electron chi connectivity index (χ3n) is 4.64. The number of anilines is 1. The molecule has 0 unspecified atom stereocenters. The molecule has 1 heterocycles. The van der Waals surface area contributed by atoms with Crippen LogP contribution < -0.4 is 10.1 Å². The van der Waals surface area contributed by atoms with Gasteiger partial charge in [-0.25, -0.2) is 4.99 Å².